The first-order valence-corrected chi connectivity index (χ1v) is 9.11. The number of rotatable bonds is 5. The second-order valence-electron chi connectivity index (χ2n) is 5.77. The monoisotopic (exact) mass is 342 g/mol. The molecule has 0 saturated carbocycles. The summed E-state index contributed by atoms with van der Waals surface area (Å²) in [6, 6.07) is 13.8. The lowest BCUT2D eigenvalue weighted by Gasteiger charge is -2.29. The minimum Gasteiger partial charge on any atom is -0.464 e. The SMILES string of the molecule is CCN(CC)CCc1ccc2c(c1)N(C(=O)O)c1ccccc1S2. The number of hydrogen-bond donors (Lipinski definition) is 1. The molecule has 1 aliphatic rings. The Hall–Kier alpha value is -1.98. The fourth-order valence-electron chi connectivity index (χ4n) is 2.99. The standard InChI is InChI=1S/C19H22N2O2S/c1-3-20(4-2)12-11-14-9-10-18-16(13-14)21(19(22)23)15-7-5-6-8-17(15)24-18/h5-10,13H,3-4,11-12H2,1-2H3,(H,22,23). The summed E-state index contributed by atoms with van der Waals surface area (Å²) in [4.78, 5) is 17.6. The van der Waals surface area contributed by atoms with Crippen LogP contribution in [0.25, 0.3) is 0 Å². The van der Waals surface area contributed by atoms with Gasteiger partial charge in [-0.3, -0.25) is 0 Å². The first kappa shape index (κ1) is 16.9. The number of likely N-dealkylation sites (N-methyl/N-ethyl adjacent to an activating group) is 1. The van der Waals surface area contributed by atoms with E-state index >= 15 is 0 Å². The van der Waals surface area contributed by atoms with Crippen LogP contribution in [0.2, 0.25) is 0 Å². The largest absolute Gasteiger partial charge is 0.464 e. The Labute approximate surface area is 147 Å². The van der Waals surface area contributed by atoms with Crippen molar-refractivity contribution in [1.82, 2.24) is 4.90 Å². The van der Waals surface area contributed by atoms with Crippen LogP contribution in [0, 0.1) is 0 Å². The molecular weight excluding hydrogens is 320 g/mol. The summed E-state index contributed by atoms with van der Waals surface area (Å²) in [7, 11) is 0. The molecule has 0 atom stereocenters. The van der Waals surface area contributed by atoms with E-state index in [9.17, 15) is 9.90 Å². The third-order valence-electron chi connectivity index (χ3n) is 4.39. The third kappa shape index (κ3) is 3.28. The Kier molecular flexibility index (Phi) is 5.11. The zero-order valence-electron chi connectivity index (χ0n) is 14.0. The lowest BCUT2D eigenvalue weighted by Crippen LogP contribution is -2.27. The summed E-state index contributed by atoms with van der Waals surface area (Å²) in [6.07, 6.45) is -0.0146. The fraction of sp³-hybridized carbons (Fsp3) is 0.316. The molecule has 0 radical (unpaired) electrons. The van der Waals surface area contributed by atoms with E-state index in [4.69, 9.17) is 0 Å². The number of fused-ring (bicyclic) bond motifs is 2. The van der Waals surface area contributed by atoms with E-state index in [0.717, 1.165) is 47.2 Å². The van der Waals surface area contributed by atoms with E-state index in [-0.39, 0.29) is 0 Å². The summed E-state index contributed by atoms with van der Waals surface area (Å²) >= 11 is 1.63. The molecular formula is C19H22N2O2S. The Balaban J connectivity index is 1.91. The van der Waals surface area contributed by atoms with Crippen molar-refractivity contribution >= 4 is 29.2 Å². The van der Waals surface area contributed by atoms with E-state index in [0.29, 0.717) is 0 Å². The normalized spacial score (nSPS) is 12.9. The van der Waals surface area contributed by atoms with E-state index in [1.807, 2.05) is 36.4 Å². The van der Waals surface area contributed by atoms with Crippen molar-refractivity contribution in [1.29, 1.82) is 0 Å². The predicted molar refractivity (Wildman–Crippen MR) is 98.7 cm³/mol. The molecule has 2 aromatic carbocycles. The second kappa shape index (κ2) is 7.28. The van der Waals surface area contributed by atoms with Gasteiger partial charge in [-0.1, -0.05) is 43.8 Å². The highest BCUT2D eigenvalue weighted by Crippen LogP contribution is 2.48. The van der Waals surface area contributed by atoms with Gasteiger partial charge in [-0.05, 0) is 49.3 Å². The quantitative estimate of drug-likeness (QED) is 0.843. The highest BCUT2D eigenvalue weighted by Gasteiger charge is 2.27. The molecule has 0 unspecified atom stereocenters. The highest BCUT2D eigenvalue weighted by molar-refractivity contribution is 7.99. The van der Waals surface area contributed by atoms with Gasteiger partial charge in [-0.25, -0.2) is 9.69 Å². The Morgan fingerprint density at radius 3 is 2.50 bits per heavy atom. The fourth-order valence-corrected chi connectivity index (χ4v) is 4.03. The maximum Gasteiger partial charge on any atom is 0.416 e. The summed E-state index contributed by atoms with van der Waals surface area (Å²) in [5.41, 5.74) is 2.68. The van der Waals surface area contributed by atoms with Gasteiger partial charge >= 0.3 is 6.09 Å². The van der Waals surface area contributed by atoms with Gasteiger partial charge in [0.15, 0.2) is 0 Å². The average Bonchev–Trinajstić information content (AvgIpc) is 2.60. The molecule has 0 aliphatic carbocycles. The highest BCUT2D eigenvalue weighted by atomic mass is 32.2. The number of carboxylic acid groups (broad SMARTS) is 1. The van der Waals surface area contributed by atoms with Crippen LogP contribution in [0.15, 0.2) is 52.3 Å². The Morgan fingerprint density at radius 2 is 1.79 bits per heavy atom. The summed E-state index contributed by atoms with van der Waals surface area (Å²) in [5.74, 6) is 0. The van der Waals surface area contributed by atoms with Crippen molar-refractivity contribution in [2.75, 3.05) is 24.5 Å². The van der Waals surface area contributed by atoms with E-state index in [2.05, 4.69) is 24.8 Å². The maximum absolute atomic E-state index is 11.9. The molecule has 126 valence electrons. The van der Waals surface area contributed by atoms with E-state index in [1.54, 1.807) is 11.8 Å². The van der Waals surface area contributed by atoms with Crippen LogP contribution in [0.3, 0.4) is 0 Å². The van der Waals surface area contributed by atoms with Crippen LogP contribution in [-0.2, 0) is 6.42 Å². The van der Waals surface area contributed by atoms with Crippen molar-refractivity contribution in [3.8, 4) is 0 Å². The zero-order chi connectivity index (χ0) is 17.1. The van der Waals surface area contributed by atoms with Crippen molar-refractivity contribution in [2.45, 2.75) is 30.1 Å². The predicted octanol–water partition coefficient (Wildman–Crippen LogP) is 4.85. The second-order valence-corrected chi connectivity index (χ2v) is 6.85. The van der Waals surface area contributed by atoms with Crippen molar-refractivity contribution < 1.29 is 9.90 Å². The van der Waals surface area contributed by atoms with Crippen LogP contribution in [0.1, 0.15) is 19.4 Å². The average molecular weight is 342 g/mol. The molecule has 2 aromatic rings. The van der Waals surface area contributed by atoms with Crippen LogP contribution in [-0.4, -0.2) is 35.7 Å². The van der Waals surface area contributed by atoms with Crippen LogP contribution in [0.4, 0.5) is 16.2 Å². The van der Waals surface area contributed by atoms with Gasteiger partial charge in [-0.15, -0.1) is 0 Å². The number of benzene rings is 2. The van der Waals surface area contributed by atoms with Crippen LogP contribution in [0.5, 0.6) is 0 Å². The molecule has 3 rings (SSSR count). The molecule has 24 heavy (non-hydrogen) atoms. The molecule has 0 aromatic heterocycles. The number of para-hydroxylation sites is 1. The van der Waals surface area contributed by atoms with Gasteiger partial charge < -0.3 is 10.0 Å². The van der Waals surface area contributed by atoms with Gasteiger partial charge in [0.1, 0.15) is 0 Å². The first-order chi connectivity index (χ1) is 11.6. The summed E-state index contributed by atoms with van der Waals surface area (Å²) in [6.45, 7) is 7.38. The van der Waals surface area contributed by atoms with E-state index < -0.39 is 6.09 Å². The van der Waals surface area contributed by atoms with Crippen molar-refractivity contribution in [2.24, 2.45) is 0 Å². The smallest absolute Gasteiger partial charge is 0.416 e. The molecule has 0 bridgehead atoms. The summed E-state index contributed by atoms with van der Waals surface area (Å²) < 4.78 is 0. The van der Waals surface area contributed by atoms with Crippen LogP contribution < -0.4 is 4.90 Å². The maximum atomic E-state index is 11.9. The minimum absolute atomic E-state index is 0.739. The molecule has 1 amide bonds. The third-order valence-corrected chi connectivity index (χ3v) is 5.52. The lowest BCUT2D eigenvalue weighted by atomic mass is 10.1. The summed E-state index contributed by atoms with van der Waals surface area (Å²) in [5, 5.41) is 9.73. The number of nitrogens with zero attached hydrogens (tertiary/aromatic N) is 2. The van der Waals surface area contributed by atoms with Crippen molar-refractivity contribution in [3.63, 3.8) is 0 Å². The van der Waals surface area contributed by atoms with Gasteiger partial charge in [-0.2, -0.15) is 0 Å². The molecule has 0 fully saturated rings. The Morgan fingerprint density at radius 1 is 1.08 bits per heavy atom. The first-order valence-electron chi connectivity index (χ1n) is 8.29. The van der Waals surface area contributed by atoms with Gasteiger partial charge in [0, 0.05) is 16.3 Å². The number of amides is 1. The number of anilines is 2. The zero-order valence-corrected chi connectivity index (χ0v) is 14.8. The molecule has 0 saturated heterocycles. The van der Waals surface area contributed by atoms with Gasteiger partial charge in [0.25, 0.3) is 0 Å². The molecule has 1 heterocycles. The topological polar surface area (TPSA) is 43.8 Å². The number of carbonyl (C=O) groups is 1. The molecule has 0 spiro atoms. The number of hydrogen-bond acceptors (Lipinski definition) is 3. The lowest BCUT2D eigenvalue weighted by molar-refractivity contribution is 0.204. The van der Waals surface area contributed by atoms with Gasteiger partial charge in [0.2, 0.25) is 0 Å². The minimum atomic E-state index is -0.940. The molecule has 4 nitrogen and oxygen atoms in total. The van der Waals surface area contributed by atoms with E-state index in [1.165, 1.54) is 10.5 Å². The van der Waals surface area contributed by atoms with Crippen molar-refractivity contribution in [3.05, 3.63) is 48.0 Å². The van der Waals surface area contributed by atoms with Gasteiger partial charge in [0.05, 0.1) is 11.4 Å². The Bertz CT molecular complexity index is 744. The molecule has 1 aliphatic heterocycles. The molecule has 1 N–H and O–H groups in total. The molecule has 5 heteroatoms. The van der Waals surface area contributed by atoms with Crippen LogP contribution >= 0.6 is 11.8 Å².